The van der Waals surface area contributed by atoms with Crippen molar-refractivity contribution >= 4 is 22.8 Å². The van der Waals surface area contributed by atoms with Gasteiger partial charge in [-0.3, -0.25) is 9.59 Å². The number of carbonyl (C=O) groups is 2. The molecular formula is C21H23N5O4. The molecule has 2 atom stereocenters. The van der Waals surface area contributed by atoms with Crippen molar-refractivity contribution in [3.63, 3.8) is 0 Å². The predicted octanol–water partition coefficient (Wildman–Crippen LogP) is 1.68. The van der Waals surface area contributed by atoms with E-state index < -0.39 is 11.5 Å². The number of hydrogen-bond donors (Lipinski definition) is 2. The molecule has 1 aromatic carbocycles. The molecule has 0 radical (unpaired) electrons. The van der Waals surface area contributed by atoms with E-state index in [0.717, 1.165) is 12.8 Å². The second kappa shape index (κ2) is 7.24. The van der Waals surface area contributed by atoms with E-state index in [9.17, 15) is 14.7 Å². The average molecular weight is 409 g/mol. The van der Waals surface area contributed by atoms with Crippen LogP contribution in [-0.4, -0.2) is 74.4 Å². The highest BCUT2D eigenvalue weighted by Crippen LogP contribution is 2.39. The number of aliphatic hydroxyl groups excluding tert-OH is 1. The quantitative estimate of drug-likeness (QED) is 0.665. The lowest BCUT2D eigenvalue weighted by molar-refractivity contribution is -0.0709. The standard InChI is InChI=1S/C21H23N5O4/c27-18-4-8-26(19(28)14-2-3-16-17(10-14)23-24-22-16)13-21(18)6-1-7-25(12-21)20(29)15-5-9-30-11-15/h2-3,5,9-11,18,27H,1,4,6-8,12-13H2,(H,22,23,24)/t18-,21+/m0/s1. The van der Waals surface area contributed by atoms with E-state index in [1.54, 1.807) is 34.1 Å². The Balaban J connectivity index is 1.37. The zero-order valence-electron chi connectivity index (χ0n) is 16.5. The first-order chi connectivity index (χ1) is 14.6. The van der Waals surface area contributed by atoms with E-state index in [1.807, 2.05) is 0 Å². The number of aromatic nitrogens is 3. The van der Waals surface area contributed by atoms with E-state index in [1.165, 1.54) is 12.5 Å². The van der Waals surface area contributed by atoms with Crippen LogP contribution in [0.1, 0.15) is 40.0 Å². The lowest BCUT2D eigenvalue weighted by Gasteiger charge is -2.51. The molecule has 2 aliphatic heterocycles. The number of aliphatic hydroxyl groups is 1. The molecule has 0 saturated carbocycles. The molecule has 1 spiro atoms. The van der Waals surface area contributed by atoms with E-state index in [2.05, 4.69) is 15.4 Å². The van der Waals surface area contributed by atoms with Gasteiger partial charge in [-0.05, 0) is 43.5 Å². The molecule has 2 aromatic heterocycles. The summed E-state index contributed by atoms with van der Waals surface area (Å²) < 4.78 is 5.05. The molecule has 0 aliphatic carbocycles. The second-order valence-electron chi connectivity index (χ2n) is 8.26. The molecule has 2 aliphatic rings. The number of hydrogen-bond acceptors (Lipinski definition) is 6. The maximum Gasteiger partial charge on any atom is 0.257 e. The van der Waals surface area contributed by atoms with Crippen molar-refractivity contribution < 1.29 is 19.1 Å². The van der Waals surface area contributed by atoms with Crippen LogP contribution in [-0.2, 0) is 0 Å². The van der Waals surface area contributed by atoms with Crippen molar-refractivity contribution in [3.05, 3.63) is 47.9 Å². The van der Waals surface area contributed by atoms with Crippen molar-refractivity contribution in [2.24, 2.45) is 5.41 Å². The highest BCUT2D eigenvalue weighted by molar-refractivity contribution is 5.97. The summed E-state index contributed by atoms with van der Waals surface area (Å²) in [6, 6.07) is 6.90. The molecule has 2 saturated heterocycles. The SMILES string of the molecule is O=C(c1ccoc1)N1CCC[C@@]2(C1)CN(C(=O)c1ccc3n[nH]nc3c1)CC[C@@H]2O. The normalized spacial score (nSPS) is 24.5. The molecular weight excluding hydrogens is 386 g/mol. The molecule has 3 aromatic rings. The number of carbonyl (C=O) groups excluding carboxylic acids is 2. The summed E-state index contributed by atoms with van der Waals surface area (Å²) in [6.45, 7) is 1.95. The number of aromatic amines is 1. The number of likely N-dealkylation sites (tertiary alicyclic amines) is 2. The number of rotatable bonds is 2. The van der Waals surface area contributed by atoms with Gasteiger partial charge in [0.1, 0.15) is 17.3 Å². The Morgan fingerprint density at radius 2 is 1.83 bits per heavy atom. The smallest absolute Gasteiger partial charge is 0.257 e. The molecule has 5 rings (SSSR count). The monoisotopic (exact) mass is 409 g/mol. The topological polar surface area (TPSA) is 116 Å². The third-order valence-corrected chi connectivity index (χ3v) is 6.40. The summed E-state index contributed by atoms with van der Waals surface area (Å²) in [5.74, 6) is -0.195. The van der Waals surface area contributed by atoms with Gasteiger partial charge in [0.05, 0.1) is 17.9 Å². The van der Waals surface area contributed by atoms with Crippen LogP contribution >= 0.6 is 0 Å². The zero-order chi connectivity index (χ0) is 20.7. The third-order valence-electron chi connectivity index (χ3n) is 6.40. The minimum absolute atomic E-state index is 0.0931. The number of H-pyrrole nitrogens is 1. The first kappa shape index (κ1) is 18.8. The van der Waals surface area contributed by atoms with Gasteiger partial charge < -0.3 is 19.3 Å². The van der Waals surface area contributed by atoms with Gasteiger partial charge in [-0.15, -0.1) is 0 Å². The molecule has 4 heterocycles. The number of furan rings is 1. The Labute approximate surface area is 172 Å². The fraction of sp³-hybridized carbons (Fsp3) is 0.429. The highest BCUT2D eigenvalue weighted by Gasteiger charge is 2.47. The van der Waals surface area contributed by atoms with Crippen LogP contribution < -0.4 is 0 Å². The van der Waals surface area contributed by atoms with Crippen molar-refractivity contribution in [3.8, 4) is 0 Å². The van der Waals surface area contributed by atoms with Crippen LogP contribution in [0.3, 0.4) is 0 Å². The summed E-state index contributed by atoms with van der Waals surface area (Å²) in [5.41, 5.74) is 1.88. The summed E-state index contributed by atoms with van der Waals surface area (Å²) in [6.07, 6.45) is 4.42. The maximum absolute atomic E-state index is 13.2. The Kier molecular flexibility index (Phi) is 4.54. The largest absolute Gasteiger partial charge is 0.472 e. The van der Waals surface area contributed by atoms with Gasteiger partial charge in [0.25, 0.3) is 11.8 Å². The fourth-order valence-electron chi connectivity index (χ4n) is 4.78. The zero-order valence-corrected chi connectivity index (χ0v) is 16.5. The van der Waals surface area contributed by atoms with E-state index in [4.69, 9.17) is 4.42 Å². The Morgan fingerprint density at radius 3 is 2.63 bits per heavy atom. The van der Waals surface area contributed by atoms with Gasteiger partial charge >= 0.3 is 0 Å². The average Bonchev–Trinajstić information content (AvgIpc) is 3.46. The predicted molar refractivity (Wildman–Crippen MR) is 107 cm³/mol. The number of nitrogens with one attached hydrogen (secondary N) is 1. The number of fused-ring (bicyclic) bond motifs is 1. The molecule has 0 bridgehead atoms. The summed E-state index contributed by atoms with van der Waals surface area (Å²) in [5, 5.41) is 21.5. The Bertz CT molecular complexity index is 1080. The van der Waals surface area contributed by atoms with Crippen LogP contribution in [0.2, 0.25) is 0 Å². The lowest BCUT2D eigenvalue weighted by atomic mass is 9.71. The van der Waals surface area contributed by atoms with Crippen molar-refractivity contribution in [1.29, 1.82) is 0 Å². The Morgan fingerprint density at radius 1 is 1.07 bits per heavy atom. The van der Waals surface area contributed by atoms with Crippen molar-refractivity contribution in [2.45, 2.75) is 25.4 Å². The summed E-state index contributed by atoms with van der Waals surface area (Å²) >= 11 is 0. The van der Waals surface area contributed by atoms with E-state index in [-0.39, 0.29) is 11.8 Å². The van der Waals surface area contributed by atoms with Gasteiger partial charge in [0, 0.05) is 37.2 Å². The van der Waals surface area contributed by atoms with E-state index in [0.29, 0.717) is 54.8 Å². The summed E-state index contributed by atoms with van der Waals surface area (Å²) in [7, 11) is 0. The van der Waals surface area contributed by atoms with Crippen molar-refractivity contribution in [2.75, 3.05) is 26.2 Å². The minimum Gasteiger partial charge on any atom is -0.472 e. The number of amides is 2. The molecule has 9 heteroatoms. The van der Waals surface area contributed by atoms with Gasteiger partial charge in [-0.1, -0.05) is 0 Å². The Hall–Kier alpha value is -3.20. The van der Waals surface area contributed by atoms with Crippen molar-refractivity contribution in [1.82, 2.24) is 25.2 Å². The first-order valence-corrected chi connectivity index (χ1v) is 10.2. The van der Waals surface area contributed by atoms with Crippen LogP contribution in [0.5, 0.6) is 0 Å². The molecule has 2 amide bonds. The minimum atomic E-state index is -0.556. The van der Waals surface area contributed by atoms with Gasteiger partial charge in [0.2, 0.25) is 0 Å². The van der Waals surface area contributed by atoms with Gasteiger partial charge in [0.15, 0.2) is 0 Å². The highest BCUT2D eigenvalue weighted by atomic mass is 16.3. The fourth-order valence-corrected chi connectivity index (χ4v) is 4.78. The van der Waals surface area contributed by atoms with Gasteiger partial charge in [-0.25, -0.2) is 0 Å². The molecule has 0 unspecified atom stereocenters. The molecule has 2 fully saturated rings. The van der Waals surface area contributed by atoms with Crippen LogP contribution in [0, 0.1) is 5.41 Å². The van der Waals surface area contributed by atoms with Crippen LogP contribution in [0.25, 0.3) is 11.0 Å². The number of piperidine rings is 2. The molecule has 30 heavy (non-hydrogen) atoms. The maximum atomic E-state index is 13.2. The first-order valence-electron chi connectivity index (χ1n) is 10.2. The molecule has 9 nitrogen and oxygen atoms in total. The molecule has 2 N–H and O–H groups in total. The summed E-state index contributed by atoms with van der Waals surface area (Å²) in [4.78, 5) is 29.6. The number of benzene rings is 1. The number of nitrogens with zero attached hydrogens (tertiary/aromatic N) is 4. The molecule has 156 valence electrons. The van der Waals surface area contributed by atoms with Crippen LogP contribution in [0.15, 0.2) is 41.2 Å². The third kappa shape index (κ3) is 3.15. The van der Waals surface area contributed by atoms with E-state index >= 15 is 0 Å². The van der Waals surface area contributed by atoms with Crippen LogP contribution in [0.4, 0.5) is 0 Å². The van der Waals surface area contributed by atoms with Gasteiger partial charge in [-0.2, -0.15) is 15.4 Å². The lowest BCUT2D eigenvalue weighted by Crippen LogP contribution is -2.60. The second-order valence-corrected chi connectivity index (χ2v) is 8.26.